The molecule has 60 valence electrons. The highest BCUT2D eigenvalue weighted by molar-refractivity contribution is 6.34. The number of hydrogen-bond acceptors (Lipinski definition) is 3. The number of aromatic nitrogens is 2. The fourth-order valence-electron chi connectivity index (χ4n) is 1.01. The predicted octanol–water partition coefficient (Wildman–Crippen LogP) is 1.87. The molecule has 0 fully saturated rings. The first kappa shape index (κ1) is 7.31. The molecule has 3 nitrogen and oxygen atoms in total. The van der Waals surface area contributed by atoms with Gasteiger partial charge in [0, 0.05) is 0 Å². The van der Waals surface area contributed by atoms with E-state index >= 15 is 0 Å². The maximum Gasteiger partial charge on any atom is 0.142 e. The summed E-state index contributed by atoms with van der Waals surface area (Å²) in [5.74, 6) is 0.385. The normalized spacial score (nSPS) is 10.4. The van der Waals surface area contributed by atoms with Gasteiger partial charge < -0.3 is 5.73 Å². The highest BCUT2D eigenvalue weighted by atomic mass is 35.5. The van der Waals surface area contributed by atoms with Crippen molar-refractivity contribution in [2.45, 2.75) is 0 Å². The van der Waals surface area contributed by atoms with E-state index in [2.05, 4.69) is 9.97 Å². The van der Waals surface area contributed by atoms with E-state index in [1.165, 1.54) is 6.20 Å². The summed E-state index contributed by atoms with van der Waals surface area (Å²) in [4.78, 5) is 8.13. The number of halogens is 1. The van der Waals surface area contributed by atoms with Crippen LogP contribution in [0.5, 0.6) is 0 Å². The lowest BCUT2D eigenvalue weighted by atomic mass is 10.3. The molecule has 4 heteroatoms. The third-order valence-corrected chi connectivity index (χ3v) is 1.85. The van der Waals surface area contributed by atoms with Crippen LogP contribution in [0.2, 0.25) is 5.02 Å². The van der Waals surface area contributed by atoms with Crippen molar-refractivity contribution < 1.29 is 0 Å². The highest BCUT2D eigenvalue weighted by Gasteiger charge is 2.00. The molecule has 0 atom stereocenters. The van der Waals surface area contributed by atoms with Gasteiger partial charge in [0.15, 0.2) is 0 Å². The number of nitrogens with two attached hydrogens (primary N) is 1. The van der Waals surface area contributed by atoms with Crippen LogP contribution in [0.3, 0.4) is 0 Å². The van der Waals surface area contributed by atoms with E-state index in [-0.39, 0.29) is 0 Å². The molecule has 2 N–H and O–H groups in total. The van der Waals surface area contributed by atoms with Crippen LogP contribution in [0.15, 0.2) is 24.4 Å². The second-order valence-electron chi connectivity index (χ2n) is 2.40. The van der Waals surface area contributed by atoms with Gasteiger partial charge in [0.05, 0.1) is 16.7 Å². The Hall–Kier alpha value is -1.35. The molecule has 2 rings (SSSR count). The van der Waals surface area contributed by atoms with Gasteiger partial charge in [-0.05, 0) is 12.1 Å². The number of nitrogens with zero attached hydrogens (tertiary/aromatic N) is 2. The number of fused-ring (bicyclic) bond motifs is 1. The van der Waals surface area contributed by atoms with Crippen molar-refractivity contribution >= 4 is 28.5 Å². The molecule has 0 bridgehead atoms. The van der Waals surface area contributed by atoms with Crippen molar-refractivity contribution in [3.63, 3.8) is 0 Å². The standard InChI is InChI=1S/C8H6ClN3/c9-5-2-1-3-6-8(5)12-7(10)4-11-6/h1-4H,(H2,10,12). The van der Waals surface area contributed by atoms with Gasteiger partial charge in [0.2, 0.25) is 0 Å². The van der Waals surface area contributed by atoms with Crippen molar-refractivity contribution in [3.05, 3.63) is 29.4 Å². The van der Waals surface area contributed by atoms with Crippen molar-refractivity contribution in [1.29, 1.82) is 0 Å². The van der Waals surface area contributed by atoms with Crippen LogP contribution in [0.4, 0.5) is 5.82 Å². The van der Waals surface area contributed by atoms with Crippen molar-refractivity contribution in [2.24, 2.45) is 0 Å². The summed E-state index contributed by atoms with van der Waals surface area (Å²) in [6, 6.07) is 5.43. The molecule has 0 aliphatic carbocycles. The molecule has 0 aliphatic rings. The summed E-state index contributed by atoms with van der Waals surface area (Å²) >= 11 is 5.87. The first-order chi connectivity index (χ1) is 5.77. The molecule has 0 saturated heterocycles. The molecule has 1 aromatic heterocycles. The summed E-state index contributed by atoms with van der Waals surface area (Å²) < 4.78 is 0. The van der Waals surface area contributed by atoms with Crippen molar-refractivity contribution in [3.8, 4) is 0 Å². The molecule has 0 aliphatic heterocycles. The molecule has 1 aromatic carbocycles. The first-order valence-corrected chi connectivity index (χ1v) is 3.82. The molecule has 2 aromatic rings. The van der Waals surface area contributed by atoms with Crippen LogP contribution in [0.25, 0.3) is 11.0 Å². The van der Waals surface area contributed by atoms with Gasteiger partial charge in [-0.2, -0.15) is 0 Å². The number of anilines is 1. The number of nitrogen functional groups attached to an aromatic ring is 1. The Morgan fingerprint density at radius 2 is 2.17 bits per heavy atom. The third-order valence-electron chi connectivity index (χ3n) is 1.54. The van der Waals surface area contributed by atoms with Gasteiger partial charge in [-0.3, -0.25) is 4.98 Å². The van der Waals surface area contributed by atoms with E-state index < -0.39 is 0 Å². The van der Waals surface area contributed by atoms with E-state index in [1.807, 2.05) is 12.1 Å². The minimum absolute atomic E-state index is 0.385. The van der Waals surface area contributed by atoms with E-state index in [1.54, 1.807) is 6.07 Å². The Morgan fingerprint density at radius 3 is 3.00 bits per heavy atom. The quantitative estimate of drug-likeness (QED) is 0.672. The second kappa shape index (κ2) is 2.60. The van der Waals surface area contributed by atoms with Crippen LogP contribution >= 0.6 is 11.6 Å². The maximum atomic E-state index is 5.87. The fourth-order valence-corrected chi connectivity index (χ4v) is 1.22. The zero-order chi connectivity index (χ0) is 8.55. The molecule has 0 amide bonds. The van der Waals surface area contributed by atoms with Gasteiger partial charge in [-0.15, -0.1) is 0 Å². The largest absolute Gasteiger partial charge is 0.382 e. The zero-order valence-corrected chi connectivity index (χ0v) is 6.92. The van der Waals surface area contributed by atoms with Crippen LogP contribution in [0, 0.1) is 0 Å². The van der Waals surface area contributed by atoms with Gasteiger partial charge in [-0.1, -0.05) is 17.7 Å². The van der Waals surface area contributed by atoms with Gasteiger partial charge in [0.25, 0.3) is 0 Å². The average molecular weight is 180 g/mol. The Labute approximate surface area is 74.2 Å². The fraction of sp³-hybridized carbons (Fsp3) is 0. The summed E-state index contributed by atoms with van der Waals surface area (Å²) in [5.41, 5.74) is 6.87. The Balaban J connectivity index is 2.88. The first-order valence-electron chi connectivity index (χ1n) is 3.44. The summed E-state index contributed by atoms with van der Waals surface area (Å²) in [6.45, 7) is 0. The minimum Gasteiger partial charge on any atom is -0.382 e. The van der Waals surface area contributed by atoms with Crippen LogP contribution in [-0.4, -0.2) is 9.97 Å². The maximum absolute atomic E-state index is 5.87. The molecule has 0 radical (unpaired) electrons. The summed E-state index contributed by atoms with van der Waals surface area (Å²) in [5, 5.41) is 0.576. The van der Waals surface area contributed by atoms with Crippen LogP contribution in [-0.2, 0) is 0 Å². The van der Waals surface area contributed by atoms with Crippen molar-refractivity contribution in [1.82, 2.24) is 9.97 Å². The molecule has 0 saturated carbocycles. The molecular weight excluding hydrogens is 174 g/mol. The highest BCUT2D eigenvalue weighted by Crippen LogP contribution is 2.19. The topological polar surface area (TPSA) is 51.8 Å². The van der Waals surface area contributed by atoms with Crippen molar-refractivity contribution in [2.75, 3.05) is 5.73 Å². The van der Waals surface area contributed by atoms with Gasteiger partial charge in [0.1, 0.15) is 11.3 Å². The third kappa shape index (κ3) is 1.08. The predicted molar refractivity (Wildman–Crippen MR) is 49.0 cm³/mol. The Bertz CT molecular complexity index is 428. The Morgan fingerprint density at radius 1 is 1.33 bits per heavy atom. The number of para-hydroxylation sites is 1. The number of benzene rings is 1. The SMILES string of the molecule is Nc1cnc2cccc(Cl)c2n1. The molecule has 0 unspecified atom stereocenters. The number of hydrogen-bond donors (Lipinski definition) is 1. The smallest absolute Gasteiger partial charge is 0.142 e. The molecular formula is C8H6ClN3. The summed E-state index contributed by atoms with van der Waals surface area (Å²) in [7, 11) is 0. The second-order valence-corrected chi connectivity index (χ2v) is 2.81. The average Bonchev–Trinajstić information content (AvgIpc) is 2.07. The van der Waals surface area contributed by atoms with Crippen LogP contribution < -0.4 is 5.73 Å². The summed E-state index contributed by atoms with van der Waals surface area (Å²) in [6.07, 6.45) is 1.51. The lowest BCUT2D eigenvalue weighted by Gasteiger charge is -1.98. The van der Waals surface area contributed by atoms with Gasteiger partial charge in [-0.25, -0.2) is 4.98 Å². The lowest BCUT2D eigenvalue weighted by molar-refractivity contribution is 1.30. The molecule has 12 heavy (non-hydrogen) atoms. The van der Waals surface area contributed by atoms with E-state index in [0.29, 0.717) is 16.4 Å². The lowest BCUT2D eigenvalue weighted by Crippen LogP contribution is -1.92. The number of rotatable bonds is 0. The minimum atomic E-state index is 0.385. The van der Waals surface area contributed by atoms with E-state index in [0.717, 1.165) is 5.52 Å². The molecule has 0 spiro atoms. The van der Waals surface area contributed by atoms with Gasteiger partial charge >= 0.3 is 0 Å². The van der Waals surface area contributed by atoms with E-state index in [9.17, 15) is 0 Å². The molecule has 1 heterocycles. The monoisotopic (exact) mass is 179 g/mol. The zero-order valence-electron chi connectivity index (χ0n) is 6.16. The Kier molecular flexibility index (Phi) is 1.59. The van der Waals surface area contributed by atoms with Crippen LogP contribution in [0.1, 0.15) is 0 Å². The van der Waals surface area contributed by atoms with E-state index in [4.69, 9.17) is 17.3 Å².